The molecule has 0 saturated carbocycles. The number of hydrogen-bond acceptors (Lipinski definition) is 1. The maximum Gasteiger partial charge on any atom is 0.250 e. The number of amides is 1. The van der Waals surface area contributed by atoms with E-state index in [2.05, 4.69) is 33.0 Å². The summed E-state index contributed by atoms with van der Waals surface area (Å²) < 4.78 is 0. The monoisotopic (exact) mass is 223 g/mol. The van der Waals surface area contributed by atoms with Gasteiger partial charge in [0.25, 0.3) is 5.91 Å². The van der Waals surface area contributed by atoms with Crippen molar-refractivity contribution in [2.45, 2.75) is 40.5 Å². The van der Waals surface area contributed by atoms with Crippen LogP contribution in [0.4, 0.5) is 0 Å². The molecule has 1 amide bonds. The SMILES string of the molecule is CC(C)C(C)C.CNC(=O)C1=CCCC=C1. The Hall–Kier alpha value is -1.05. The highest BCUT2D eigenvalue weighted by Crippen LogP contribution is 2.08. The number of carbonyl (C=O) groups excluding carboxylic acids is 1. The number of likely N-dealkylation sites (N-methyl/N-ethyl adjacent to an activating group) is 1. The zero-order chi connectivity index (χ0) is 12.6. The molecule has 0 bridgehead atoms. The maximum atomic E-state index is 10.9. The highest BCUT2D eigenvalue weighted by atomic mass is 16.1. The molecule has 0 atom stereocenters. The maximum absolute atomic E-state index is 10.9. The van der Waals surface area contributed by atoms with Gasteiger partial charge in [-0.25, -0.2) is 0 Å². The molecule has 1 aliphatic rings. The number of rotatable bonds is 2. The van der Waals surface area contributed by atoms with Crippen LogP contribution in [0, 0.1) is 11.8 Å². The Kier molecular flexibility index (Phi) is 7.61. The summed E-state index contributed by atoms with van der Waals surface area (Å²) in [4.78, 5) is 10.9. The van der Waals surface area contributed by atoms with Crippen LogP contribution in [0.3, 0.4) is 0 Å². The molecule has 0 spiro atoms. The molecule has 92 valence electrons. The lowest BCUT2D eigenvalue weighted by molar-refractivity contribution is -0.116. The van der Waals surface area contributed by atoms with Crippen LogP contribution in [0.2, 0.25) is 0 Å². The summed E-state index contributed by atoms with van der Waals surface area (Å²) >= 11 is 0. The fraction of sp³-hybridized carbons (Fsp3) is 0.643. The van der Waals surface area contributed by atoms with Crippen molar-refractivity contribution in [2.24, 2.45) is 11.8 Å². The molecule has 0 aliphatic heterocycles. The van der Waals surface area contributed by atoms with Gasteiger partial charge in [0.15, 0.2) is 0 Å². The lowest BCUT2D eigenvalue weighted by Crippen LogP contribution is -2.19. The average Bonchev–Trinajstić information content (AvgIpc) is 2.30. The van der Waals surface area contributed by atoms with Gasteiger partial charge in [0.05, 0.1) is 0 Å². The second-order valence-corrected chi connectivity index (χ2v) is 4.71. The highest BCUT2D eigenvalue weighted by molar-refractivity contribution is 5.96. The summed E-state index contributed by atoms with van der Waals surface area (Å²) in [6.45, 7) is 8.96. The van der Waals surface area contributed by atoms with Crippen LogP contribution in [0.1, 0.15) is 40.5 Å². The van der Waals surface area contributed by atoms with Crippen molar-refractivity contribution in [3.8, 4) is 0 Å². The van der Waals surface area contributed by atoms with Crippen molar-refractivity contribution in [1.82, 2.24) is 5.32 Å². The van der Waals surface area contributed by atoms with E-state index >= 15 is 0 Å². The molecular weight excluding hydrogens is 198 g/mol. The normalized spacial score (nSPS) is 14.3. The second kappa shape index (κ2) is 8.14. The van der Waals surface area contributed by atoms with Crippen molar-refractivity contribution in [3.63, 3.8) is 0 Å². The lowest BCUT2D eigenvalue weighted by Gasteiger charge is -2.05. The zero-order valence-corrected chi connectivity index (χ0v) is 11.2. The molecular formula is C14H25NO. The zero-order valence-electron chi connectivity index (χ0n) is 11.2. The van der Waals surface area contributed by atoms with Gasteiger partial charge in [-0.3, -0.25) is 4.79 Å². The van der Waals surface area contributed by atoms with E-state index in [9.17, 15) is 4.79 Å². The van der Waals surface area contributed by atoms with Gasteiger partial charge in [-0.05, 0) is 24.7 Å². The van der Waals surface area contributed by atoms with Gasteiger partial charge >= 0.3 is 0 Å². The van der Waals surface area contributed by atoms with Crippen molar-refractivity contribution < 1.29 is 4.79 Å². The van der Waals surface area contributed by atoms with E-state index in [4.69, 9.17) is 0 Å². The van der Waals surface area contributed by atoms with E-state index in [-0.39, 0.29) is 5.91 Å². The first kappa shape index (κ1) is 14.9. The molecule has 0 fully saturated rings. The fourth-order valence-electron chi connectivity index (χ4n) is 0.926. The van der Waals surface area contributed by atoms with Gasteiger partial charge in [0.1, 0.15) is 0 Å². The Morgan fingerprint density at radius 3 is 2.06 bits per heavy atom. The largest absolute Gasteiger partial charge is 0.355 e. The number of carbonyl (C=O) groups is 1. The summed E-state index contributed by atoms with van der Waals surface area (Å²) in [6, 6.07) is 0. The number of hydrogen-bond donors (Lipinski definition) is 1. The Morgan fingerprint density at radius 1 is 1.19 bits per heavy atom. The minimum Gasteiger partial charge on any atom is -0.355 e. The van der Waals surface area contributed by atoms with Gasteiger partial charge in [-0.1, -0.05) is 45.9 Å². The minimum atomic E-state index is 0.0101. The predicted molar refractivity (Wildman–Crippen MR) is 70.2 cm³/mol. The van der Waals surface area contributed by atoms with E-state index in [1.54, 1.807) is 7.05 Å². The summed E-state index contributed by atoms with van der Waals surface area (Å²) in [6.07, 6.45) is 7.88. The van der Waals surface area contributed by atoms with Crippen molar-refractivity contribution in [3.05, 3.63) is 23.8 Å². The first-order chi connectivity index (χ1) is 7.49. The molecule has 0 aromatic rings. The second-order valence-electron chi connectivity index (χ2n) is 4.71. The third-order valence-corrected chi connectivity index (χ3v) is 2.82. The standard InChI is InChI=1S/C8H11NO.C6H14/c1-9-8(10)7-5-3-2-4-6-7;1-5(2)6(3)4/h3,5-6H,2,4H2,1H3,(H,9,10);5-6H,1-4H3. The van der Waals surface area contributed by atoms with Crippen LogP contribution in [0.15, 0.2) is 23.8 Å². The molecule has 0 unspecified atom stereocenters. The van der Waals surface area contributed by atoms with Gasteiger partial charge in [0, 0.05) is 12.6 Å². The quantitative estimate of drug-likeness (QED) is 0.764. The van der Waals surface area contributed by atoms with Crippen molar-refractivity contribution in [1.29, 1.82) is 0 Å². The van der Waals surface area contributed by atoms with E-state index in [1.807, 2.05) is 18.2 Å². The molecule has 0 radical (unpaired) electrons. The smallest absolute Gasteiger partial charge is 0.250 e. The topological polar surface area (TPSA) is 29.1 Å². The molecule has 2 heteroatoms. The van der Waals surface area contributed by atoms with Crippen LogP contribution in [0.25, 0.3) is 0 Å². The molecule has 0 heterocycles. The van der Waals surface area contributed by atoms with Gasteiger partial charge in [-0.15, -0.1) is 0 Å². The van der Waals surface area contributed by atoms with Crippen LogP contribution in [-0.2, 0) is 4.79 Å². The van der Waals surface area contributed by atoms with Gasteiger partial charge in [0.2, 0.25) is 0 Å². The first-order valence-corrected chi connectivity index (χ1v) is 6.07. The van der Waals surface area contributed by atoms with E-state index in [0.717, 1.165) is 30.3 Å². The molecule has 0 saturated heterocycles. The summed E-state index contributed by atoms with van der Waals surface area (Å²) in [5.74, 6) is 1.71. The van der Waals surface area contributed by atoms with Crippen LogP contribution < -0.4 is 5.32 Å². The lowest BCUT2D eigenvalue weighted by atomic mass is 10.0. The molecule has 1 N–H and O–H groups in total. The fourth-order valence-corrected chi connectivity index (χ4v) is 0.926. The van der Waals surface area contributed by atoms with Gasteiger partial charge in [-0.2, -0.15) is 0 Å². The van der Waals surface area contributed by atoms with Crippen LogP contribution in [0.5, 0.6) is 0 Å². The average molecular weight is 223 g/mol. The van der Waals surface area contributed by atoms with Crippen LogP contribution in [-0.4, -0.2) is 13.0 Å². The molecule has 0 aromatic heterocycles. The highest BCUT2D eigenvalue weighted by Gasteiger charge is 2.03. The van der Waals surface area contributed by atoms with E-state index < -0.39 is 0 Å². The Morgan fingerprint density at radius 2 is 1.75 bits per heavy atom. The van der Waals surface area contributed by atoms with Crippen molar-refractivity contribution >= 4 is 5.91 Å². The Bertz CT molecular complexity index is 256. The molecule has 1 aliphatic carbocycles. The molecule has 1 rings (SSSR count). The molecule has 2 nitrogen and oxygen atoms in total. The summed E-state index contributed by atoms with van der Waals surface area (Å²) in [5.41, 5.74) is 0.786. The summed E-state index contributed by atoms with van der Waals surface area (Å²) in [7, 11) is 1.64. The van der Waals surface area contributed by atoms with Gasteiger partial charge < -0.3 is 5.32 Å². The predicted octanol–water partition coefficient (Wildman–Crippen LogP) is 3.31. The van der Waals surface area contributed by atoms with E-state index in [0.29, 0.717) is 0 Å². The molecule has 0 aromatic carbocycles. The number of allylic oxidation sites excluding steroid dienone is 2. The van der Waals surface area contributed by atoms with Crippen molar-refractivity contribution in [2.75, 3.05) is 7.05 Å². The summed E-state index contributed by atoms with van der Waals surface area (Å²) in [5, 5.41) is 2.58. The first-order valence-electron chi connectivity index (χ1n) is 6.07. The van der Waals surface area contributed by atoms with E-state index in [1.165, 1.54) is 0 Å². The third kappa shape index (κ3) is 6.44. The van der Waals surface area contributed by atoms with Crippen LogP contribution >= 0.6 is 0 Å². The third-order valence-electron chi connectivity index (χ3n) is 2.82. The Labute approximate surface area is 99.8 Å². The minimum absolute atomic E-state index is 0.0101. The number of nitrogens with one attached hydrogen (secondary N) is 1. The Balaban J connectivity index is 0.000000325. The molecule has 16 heavy (non-hydrogen) atoms.